The van der Waals surface area contributed by atoms with Crippen LogP contribution in [-0.4, -0.2) is 13.1 Å². The van der Waals surface area contributed by atoms with E-state index in [0.717, 1.165) is 7.11 Å². The number of hydrogen-bond acceptors (Lipinski definition) is 2. The minimum Gasteiger partial charge on any atom is -0.464 e. The number of alkyl halides is 2. The Morgan fingerprint density at radius 1 is 1.43 bits per heavy atom. The van der Waals surface area contributed by atoms with Crippen molar-refractivity contribution >= 4 is 21.9 Å². The molecule has 0 radical (unpaired) electrons. The second-order valence-electron chi connectivity index (χ2n) is 2.55. The average Bonchev–Trinajstić information content (AvgIpc) is 2.17. The molecule has 0 aliphatic heterocycles. The van der Waals surface area contributed by atoms with Crippen molar-refractivity contribution in [2.75, 3.05) is 7.11 Å². The third-order valence-corrected chi connectivity index (χ3v) is 2.35. The van der Waals surface area contributed by atoms with Crippen molar-refractivity contribution in [2.24, 2.45) is 0 Å². The van der Waals surface area contributed by atoms with Crippen LogP contribution in [0.1, 0.15) is 5.56 Å². The van der Waals surface area contributed by atoms with E-state index < -0.39 is 17.5 Å². The first kappa shape index (κ1) is 11.1. The smallest absolute Gasteiger partial charge is 0.381 e. The predicted octanol–water partition coefficient (Wildman–Crippen LogP) is 2.71. The zero-order chi connectivity index (χ0) is 10.8. The molecule has 0 aliphatic rings. The highest BCUT2D eigenvalue weighted by molar-refractivity contribution is 9.10. The van der Waals surface area contributed by atoms with Crippen LogP contribution in [0.15, 0.2) is 28.7 Å². The molecule has 0 N–H and O–H groups in total. The second kappa shape index (κ2) is 4.04. The van der Waals surface area contributed by atoms with E-state index in [1.807, 2.05) is 0 Å². The quantitative estimate of drug-likeness (QED) is 0.768. The van der Waals surface area contributed by atoms with Crippen LogP contribution in [0.5, 0.6) is 0 Å². The molecule has 0 bridgehead atoms. The monoisotopic (exact) mass is 264 g/mol. The minimum absolute atomic E-state index is 0.176. The summed E-state index contributed by atoms with van der Waals surface area (Å²) in [4.78, 5) is 10.8. The third-order valence-electron chi connectivity index (χ3n) is 1.65. The molecule has 14 heavy (non-hydrogen) atoms. The first-order valence-electron chi connectivity index (χ1n) is 3.71. The molecule has 76 valence electrons. The summed E-state index contributed by atoms with van der Waals surface area (Å²) in [6.45, 7) is 0. The van der Waals surface area contributed by atoms with Gasteiger partial charge in [0.05, 0.1) is 7.11 Å². The Kier molecular flexibility index (Phi) is 3.21. The van der Waals surface area contributed by atoms with Gasteiger partial charge in [-0.25, -0.2) is 4.79 Å². The van der Waals surface area contributed by atoms with E-state index in [1.165, 1.54) is 18.2 Å². The van der Waals surface area contributed by atoms with Gasteiger partial charge in [0.2, 0.25) is 0 Å². The molecular formula is C9H7BrF2O2. The minimum atomic E-state index is -3.62. The maximum atomic E-state index is 13.3. The molecule has 0 aliphatic carbocycles. The van der Waals surface area contributed by atoms with E-state index in [4.69, 9.17) is 0 Å². The van der Waals surface area contributed by atoms with Gasteiger partial charge in [-0.05, 0) is 6.07 Å². The number of benzene rings is 1. The van der Waals surface area contributed by atoms with Crippen molar-refractivity contribution in [3.8, 4) is 0 Å². The van der Waals surface area contributed by atoms with Gasteiger partial charge in [-0.2, -0.15) is 8.78 Å². The summed E-state index contributed by atoms with van der Waals surface area (Å²) in [5, 5.41) is 0. The molecule has 5 heteroatoms. The summed E-state index contributed by atoms with van der Waals surface area (Å²) in [5.41, 5.74) is -0.396. The molecule has 0 heterocycles. The topological polar surface area (TPSA) is 26.3 Å². The first-order valence-corrected chi connectivity index (χ1v) is 4.50. The molecule has 0 amide bonds. The van der Waals surface area contributed by atoms with Gasteiger partial charge in [0.1, 0.15) is 0 Å². The summed E-state index contributed by atoms with van der Waals surface area (Å²) in [6.07, 6.45) is 0. The van der Waals surface area contributed by atoms with Crippen LogP contribution in [0.25, 0.3) is 0 Å². The summed E-state index contributed by atoms with van der Waals surface area (Å²) in [5.74, 6) is -5.18. The Hall–Kier alpha value is -0.970. The van der Waals surface area contributed by atoms with E-state index in [9.17, 15) is 13.6 Å². The van der Waals surface area contributed by atoms with Crippen molar-refractivity contribution in [1.29, 1.82) is 0 Å². The molecule has 0 saturated heterocycles. The molecule has 1 aromatic carbocycles. The van der Waals surface area contributed by atoms with Crippen molar-refractivity contribution in [1.82, 2.24) is 0 Å². The maximum Gasteiger partial charge on any atom is 0.381 e. The molecular weight excluding hydrogens is 258 g/mol. The highest BCUT2D eigenvalue weighted by Gasteiger charge is 2.43. The molecule has 1 rings (SSSR count). The van der Waals surface area contributed by atoms with E-state index in [0.29, 0.717) is 0 Å². The van der Waals surface area contributed by atoms with Crippen LogP contribution in [0.3, 0.4) is 0 Å². The lowest BCUT2D eigenvalue weighted by Crippen LogP contribution is -2.27. The maximum absolute atomic E-state index is 13.3. The molecule has 0 atom stereocenters. The van der Waals surface area contributed by atoms with E-state index in [2.05, 4.69) is 20.7 Å². The number of esters is 1. The molecule has 0 unspecified atom stereocenters. The van der Waals surface area contributed by atoms with E-state index >= 15 is 0 Å². The fraction of sp³-hybridized carbons (Fsp3) is 0.222. The Labute approximate surface area is 88.0 Å². The molecule has 0 spiro atoms. The van der Waals surface area contributed by atoms with Gasteiger partial charge in [-0.15, -0.1) is 0 Å². The zero-order valence-corrected chi connectivity index (χ0v) is 8.85. The largest absolute Gasteiger partial charge is 0.464 e. The van der Waals surface area contributed by atoms with E-state index in [1.54, 1.807) is 6.07 Å². The predicted molar refractivity (Wildman–Crippen MR) is 50.1 cm³/mol. The lowest BCUT2D eigenvalue weighted by molar-refractivity contribution is -0.170. The zero-order valence-electron chi connectivity index (χ0n) is 7.26. The molecule has 0 saturated carbocycles. The Bertz CT molecular complexity index is 352. The van der Waals surface area contributed by atoms with Crippen LogP contribution >= 0.6 is 15.9 Å². The van der Waals surface area contributed by atoms with Crippen LogP contribution in [0.4, 0.5) is 8.78 Å². The van der Waals surface area contributed by atoms with Crippen LogP contribution in [0.2, 0.25) is 0 Å². The van der Waals surface area contributed by atoms with Crippen molar-refractivity contribution in [3.05, 3.63) is 34.3 Å². The SMILES string of the molecule is COC(=O)C(F)(F)c1ccccc1Br. The summed E-state index contributed by atoms with van der Waals surface area (Å²) in [6, 6.07) is 5.62. The summed E-state index contributed by atoms with van der Waals surface area (Å²) in [7, 11) is 0.924. The van der Waals surface area contributed by atoms with Crippen molar-refractivity contribution < 1.29 is 18.3 Å². The Morgan fingerprint density at radius 3 is 2.50 bits per heavy atom. The fourth-order valence-corrected chi connectivity index (χ4v) is 1.49. The third kappa shape index (κ3) is 1.92. The van der Waals surface area contributed by atoms with Gasteiger partial charge < -0.3 is 4.74 Å². The first-order chi connectivity index (χ1) is 6.50. The number of hydrogen-bond donors (Lipinski definition) is 0. The van der Waals surface area contributed by atoms with Crippen LogP contribution in [0, 0.1) is 0 Å². The number of methoxy groups -OCH3 is 1. The average molecular weight is 265 g/mol. The molecule has 2 nitrogen and oxygen atoms in total. The highest BCUT2D eigenvalue weighted by Crippen LogP contribution is 2.34. The lowest BCUT2D eigenvalue weighted by Gasteiger charge is -2.14. The van der Waals surface area contributed by atoms with Gasteiger partial charge in [-0.3, -0.25) is 0 Å². The Balaban J connectivity index is 3.16. The molecule has 1 aromatic rings. The normalized spacial score (nSPS) is 11.1. The highest BCUT2D eigenvalue weighted by atomic mass is 79.9. The van der Waals surface area contributed by atoms with Gasteiger partial charge in [0.15, 0.2) is 0 Å². The number of carbonyl (C=O) groups is 1. The van der Waals surface area contributed by atoms with Crippen LogP contribution < -0.4 is 0 Å². The molecule has 0 aromatic heterocycles. The Morgan fingerprint density at radius 2 is 2.00 bits per heavy atom. The number of carbonyl (C=O) groups excluding carboxylic acids is 1. The van der Waals surface area contributed by atoms with Gasteiger partial charge in [0.25, 0.3) is 0 Å². The molecule has 0 fully saturated rings. The standard InChI is InChI=1S/C9H7BrF2O2/c1-14-8(13)9(11,12)6-4-2-3-5-7(6)10/h2-5H,1H3. The lowest BCUT2D eigenvalue weighted by atomic mass is 10.1. The fourth-order valence-electron chi connectivity index (χ4n) is 0.954. The van der Waals surface area contributed by atoms with Crippen molar-refractivity contribution in [2.45, 2.75) is 5.92 Å². The number of rotatable bonds is 2. The van der Waals surface area contributed by atoms with Crippen molar-refractivity contribution in [3.63, 3.8) is 0 Å². The second-order valence-corrected chi connectivity index (χ2v) is 3.40. The van der Waals surface area contributed by atoms with Gasteiger partial charge >= 0.3 is 11.9 Å². The number of halogens is 3. The number of ether oxygens (including phenoxy) is 1. The van der Waals surface area contributed by atoms with E-state index in [-0.39, 0.29) is 4.47 Å². The van der Waals surface area contributed by atoms with Gasteiger partial charge in [0, 0.05) is 10.0 Å². The summed E-state index contributed by atoms with van der Waals surface area (Å²) < 4.78 is 30.8. The van der Waals surface area contributed by atoms with Crippen LogP contribution in [-0.2, 0) is 15.5 Å². The summed E-state index contributed by atoms with van der Waals surface area (Å²) >= 11 is 2.94. The van der Waals surface area contributed by atoms with Gasteiger partial charge in [-0.1, -0.05) is 34.1 Å².